The van der Waals surface area contributed by atoms with Gasteiger partial charge < -0.3 is 10.1 Å². The molecule has 0 bridgehead atoms. The van der Waals surface area contributed by atoms with Crippen molar-refractivity contribution in [3.8, 4) is 5.75 Å². The van der Waals surface area contributed by atoms with Crippen molar-refractivity contribution in [2.45, 2.75) is 20.8 Å². The second-order valence-corrected chi connectivity index (χ2v) is 4.73. The second kappa shape index (κ2) is 6.19. The van der Waals surface area contributed by atoms with E-state index in [4.69, 9.17) is 4.74 Å². The van der Waals surface area contributed by atoms with Crippen LogP contribution in [-0.2, 0) is 4.79 Å². The van der Waals surface area contributed by atoms with Crippen molar-refractivity contribution < 1.29 is 9.53 Å². The smallest absolute Gasteiger partial charge is 0.263 e. The van der Waals surface area contributed by atoms with E-state index >= 15 is 0 Å². The van der Waals surface area contributed by atoms with Crippen LogP contribution in [0.4, 0.5) is 5.82 Å². The lowest BCUT2D eigenvalue weighted by Crippen LogP contribution is -2.21. The van der Waals surface area contributed by atoms with E-state index in [2.05, 4.69) is 10.3 Å². The van der Waals surface area contributed by atoms with Crippen LogP contribution in [-0.4, -0.2) is 17.5 Å². The maximum Gasteiger partial charge on any atom is 0.263 e. The van der Waals surface area contributed by atoms with Crippen molar-refractivity contribution in [3.63, 3.8) is 0 Å². The molecule has 1 heterocycles. The maximum atomic E-state index is 11.9. The average Bonchev–Trinajstić information content (AvgIpc) is 2.41. The topological polar surface area (TPSA) is 51.2 Å². The van der Waals surface area contributed by atoms with E-state index < -0.39 is 0 Å². The number of carbonyl (C=O) groups excluding carboxylic acids is 1. The zero-order chi connectivity index (χ0) is 14.5. The number of carbonyl (C=O) groups is 1. The molecule has 0 fully saturated rings. The molecule has 0 aliphatic carbocycles. The summed E-state index contributed by atoms with van der Waals surface area (Å²) in [4.78, 5) is 16.0. The molecule has 1 N–H and O–H groups in total. The van der Waals surface area contributed by atoms with Crippen LogP contribution in [0, 0.1) is 20.8 Å². The summed E-state index contributed by atoms with van der Waals surface area (Å²) in [6.45, 7) is 5.79. The first kappa shape index (κ1) is 14.1. The number of nitrogens with one attached hydrogen (secondary N) is 1. The number of aromatic nitrogens is 1. The van der Waals surface area contributed by atoms with Gasteiger partial charge in [-0.2, -0.15) is 0 Å². The third-order valence-electron chi connectivity index (χ3n) is 3.02. The molecule has 0 spiro atoms. The van der Waals surface area contributed by atoms with E-state index in [-0.39, 0.29) is 12.5 Å². The number of hydrogen-bond donors (Lipinski definition) is 1. The normalized spacial score (nSPS) is 10.2. The largest absolute Gasteiger partial charge is 0.483 e. The average molecular weight is 270 g/mol. The number of benzene rings is 1. The molecule has 0 atom stereocenters. The highest BCUT2D eigenvalue weighted by molar-refractivity contribution is 5.91. The first-order chi connectivity index (χ1) is 9.58. The highest BCUT2D eigenvalue weighted by atomic mass is 16.5. The highest BCUT2D eigenvalue weighted by Gasteiger charge is 2.09. The summed E-state index contributed by atoms with van der Waals surface area (Å²) < 4.78 is 5.60. The number of amides is 1. The zero-order valence-electron chi connectivity index (χ0n) is 11.9. The van der Waals surface area contributed by atoms with Gasteiger partial charge in [-0.1, -0.05) is 24.3 Å². The van der Waals surface area contributed by atoms with Crippen molar-refractivity contribution in [1.29, 1.82) is 0 Å². The van der Waals surface area contributed by atoms with Gasteiger partial charge >= 0.3 is 0 Å². The van der Waals surface area contributed by atoms with E-state index in [9.17, 15) is 4.79 Å². The minimum atomic E-state index is -0.213. The molecular weight excluding hydrogens is 252 g/mol. The Balaban J connectivity index is 1.98. The van der Waals surface area contributed by atoms with Crippen molar-refractivity contribution >= 4 is 11.7 Å². The van der Waals surface area contributed by atoms with Crippen LogP contribution >= 0.6 is 0 Å². The SMILES string of the molecule is Cc1cccnc1NC(=O)COc1c(C)cccc1C. The van der Waals surface area contributed by atoms with E-state index in [1.54, 1.807) is 6.20 Å². The molecule has 0 unspecified atom stereocenters. The Bertz CT molecular complexity index is 603. The predicted octanol–water partition coefficient (Wildman–Crippen LogP) is 3.02. The minimum absolute atomic E-state index is 0.0261. The van der Waals surface area contributed by atoms with Gasteiger partial charge in [-0.25, -0.2) is 4.98 Å². The van der Waals surface area contributed by atoms with Gasteiger partial charge in [0.1, 0.15) is 11.6 Å². The summed E-state index contributed by atoms with van der Waals surface area (Å²) >= 11 is 0. The summed E-state index contributed by atoms with van der Waals surface area (Å²) in [6, 6.07) is 9.62. The van der Waals surface area contributed by atoms with Gasteiger partial charge in [0.25, 0.3) is 5.91 Å². The Hall–Kier alpha value is -2.36. The van der Waals surface area contributed by atoms with Gasteiger partial charge in [-0.15, -0.1) is 0 Å². The number of pyridine rings is 1. The second-order valence-electron chi connectivity index (χ2n) is 4.73. The predicted molar refractivity (Wildman–Crippen MR) is 79.0 cm³/mol. The molecule has 0 saturated carbocycles. The standard InChI is InChI=1S/C16H18N2O2/c1-11-6-4-7-12(2)15(11)20-10-14(19)18-16-13(3)8-5-9-17-16/h4-9H,10H2,1-3H3,(H,17,18,19). The molecule has 1 aromatic carbocycles. The lowest BCUT2D eigenvalue weighted by atomic mass is 10.1. The van der Waals surface area contributed by atoms with Crippen molar-refractivity contribution in [1.82, 2.24) is 4.98 Å². The molecule has 0 radical (unpaired) electrons. The van der Waals surface area contributed by atoms with E-state index in [0.717, 1.165) is 22.4 Å². The van der Waals surface area contributed by atoms with E-state index in [1.807, 2.05) is 51.1 Å². The third kappa shape index (κ3) is 3.35. The quantitative estimate of drug-likeness (QED) is 0.929. The number of para-hydroxylation sites is 1. The summed E-state index contributed by atoms with van der Waals surface area (Å²) in [7, 11) is 0. The number of aryl methyl sites for hydroxylation is 3. The molecule has 20 heavy (non-hydrogen) atoms. The van der Waals surface area contributed by atoms with Crippen molar-refractivity contribution in [2.75, 3.05) is 11.9 Å². The Labute approximate surface area is 118 Å². The van der Waals surface area contributed by atoms with Gasteiger partial charge in [0.2, 0.25) is 0 Å². The number of nitrogens with zero attached hydrogens (tertiary/aromatic N) is 1. The number of ether oxygens (including phenoxy) is 1. The van der Waals surface area contributed by atoms with Gasteiger partial charge in [0.15, 0.2) is 6.61 Å². The fraction of sp³-hybridized carbons (Fsp3) is 0.250. The Morgan fingerprint density at radius 1 is 1.10 bits per heavy atom. The summed E-state index contributed by atoms with van der Waals surface area (Å²) in [5, 5.41) is 2.74. The Morgan fingerprint density at radius 3 is 2.40 bits per heavy atom. The summed E-state index contributed by atoms with van der Waals surface area (Å²) in [5.74, 6) is 1.12. The van der Waals surface area contributed by atoms with E-state index in [1.165, 1.54) is 0 Å². The molecule has 4 nitrogen and oxygen atoms in total. The van der Waals surface area contributed by atoms with Crippen LogP contribution in [0.15, 0.2) is 36.5 Å². The summed E-state index contributed by atoms with van der Waals surface area (Å²) in [5.41, 5.74) is 2.96. The summed E-state index contributed by atoms with van der Waals surface area (Å²) in [6.07, 6.45) is 1.65. The Morgan fingerprint density at radius 2 is 1.75 bits per heavy atom. The molecule has 0 aliphatic heterocycles. The number of anilines is 1. The number of hydrogen-bond acceptors (Lipinski definition) is 3. The first-order valence-electron chi connectivity index (χ1n) is 6.48. The van der Waals surface area contributed by atoms with Crippen LogP contribution in [0.3, 0.4) is 0 Å². The highest BCUT2D eigenvalue weighted by Crippen LogP contribution is 2.22. The van der Waals surface area contributed by atoms with Crippen molar-refractivity contribution in [3.05, 3.63) is 53.2 Å². The van der Waals surface area contributed by atoms with Gasteiger partial charge in [-0.3, -0.25) is 4.79 Å². The molecule has 4 heteroatoms. The van der Waals surface area contributed by atoms with Crippen LogP contribution in [0.5, 0.6) is 5.75 Å². The lowest BCUT2D eigenvalue weighted by molar-refractivity contribution is -0.118. The zero-order valence-corrected chi connectivity index (χ0v) is 11.9. The van der Waals surface area contributed by atoms with Gasteiger partial charge in [0, 0.05) is 6.20 Å². The lowest BCUT2D eigenvalue weighted by Gasteiger charge is -2.12. The van der Waals surface area contributed by atoms with Crippen LogP contribution < -0.4 is 10.1 Å². The number of rotatable bonds is 4. The Kier molecular flexibility index (Phi) is 4.35. The van der Waals surface area contributed by atoms with Gasteiger partial charge in [0.05, 0.1) is 0 Å². The monoisotopic (exact) mass is 270 g/mol. The minimum Gasteiger partial charge on any atom is -0.483 e. The van der Waals surface area contributed by atoms with Crippen LogP contribution in [0.2, 0.25) is 0 Å². The molecule has 0 saturated heterocycles. The maximum absolute atomic E-state index is 11.9. The molecule has 2 aromatic rings. The third-order valence-corrected chi connectivity index (χ3v) is 3.02. The van der Waals surface area contributed by atoms with Gasteiger partial charge in [-0.05, 0) is 43.5 Å². The molecule has 104 valence electrons. The molecule has 2 rings (SSSR count). The molecule has 1 amide bonds. The van der Waals surface area contributed by atoms with E-state index in [0.29, 0.717) is 5.82 Å². The molecule has 0 aliphatic rings. The fourth-order valence-electron chi connectivity index (χ4n) is 1.95. The van der Waals surface area contributed by atoms with Crippen LogP contribution in [0.1, 0.15) is 16.7 Å². The fourth-order valence-corrected chi connectivity index (χ4v) is 1.95. The van der Waals surface area contributed by atoms with Crippen LogP contribution in [0.25, 0.3) is 0 Å². The van der Waals surface area contributed by atoms with Crippen molar-refractivity contribution in [2.24, 2.45) is 0 Å². The molecule has 1 aromatic heterocycles. The first-order valence-corrected chi connectivity index (χ1v) is 6.48. The molecular formula is C16H18N2O2.